The van der Waals surface area contributed by atoms with Crippen LogP contribution >= 0.6 is 0 Å². The SMILES string of the molecule is Cn1cc(-c2cc(=O)[nH]c(C(C)(C)N)n2)cn1. The maximum atomic E-state index is 11.6. The van der Waals surface area contributed by atoms with Gasteiger partial charge in [-0.2, -0.15) is 5.10 Å². The lowest BCUT2D eigenvalue weighted by Crippen LogP contribution is -2.33. The smallest absolute Gasteiger partial charge is 0.251 e. The predicted molar refractivity (Wildman–Crippen MR) is 64.3 cm³/mol. The minimum absolute atomic E-state index is 0.215. The molecule has 0 radical (unpaired) electrons. The molecular weight excluding hydrogens is 218 g/mol. The molecular formula is C11H15N5O. The first-order valence-corrected chi connectivity index (χ1v) is 5.26. The molecule has 0 amide bonds. The Balaban J connectivity index is 2.57. The minimum Gasteiger partial charge on any atom is -0.319 e. The first-order chi connectivity index (χ1) is 7.86. The summed E-state index contributed by atoms with van der Waals surface area (Å²) < 4.78 is 1.66. The van der Waals surface area contributed by atoms with Crippen molar-refractivity contribution < 1.29 is 0 Å². The maximum Gasteiger partial charge on any atom is 0.251 e. The zero-order valence-electron chi connectivity index (χ0n) is 10.1. The predicted octanol–water partition coefficient (Wildman–Crippen LogP) is 0.364. The summed E-state index contributed by atoms with van der Waals surface area (Å²) in [5, 5.41) is 4.05. The fourth-order valence-corrected chi connectivity index (χ4v) is 1.46. The molecule has 2 heterocycles. The minimum atomic E-state index is -0.683. The van der Waals surface area contributed by atoms with E-state index in [0.29, 0.717) is 11.5 Å². The van der Waals surface area contributed by atoms with Gasteiger partial charge in [0, 0.05) is 24.9 Å². The number of aromatic amines is 1. The third kappa shape index (κ3) is 2.42. The Kier molecular flexibility index (Phi) is 2.59. The van der Waals surface area contributed by atoms with Crippen molar-refractivity contribution in [2.45, 2.75) is 19.4 Å². The van der Waals surface area contributed by atoms with Crippen LogP contribution in [-0.4, -0.2) is 19.7 Å². The molecule has 0 fully saturated rings. The van der Waals surface area contributed by atoms with Crippen LogP contribution in [0.4, 0.5) is 0 Å². The van der Waals surface area contributed by atoms with Crippen LogP contribution in [0.1, 0.15) is 19.7 Å². The van der Waals surface area contributed by atoms with Gasteiger partial charge in [-0.3, -0.25) is 9.48 Å². The molecule has 2 rings (SSSR count). The standard InChI is InChI=1S/C11H15N5O/c1-11(2,12)10-14-8(4-9(17)15-10)7-5-13-16(3)6-7/h4-6H,12H2,1-3H3,(H,14,15,17). The van der Waals surface area contributed by atoms with E-state index in [2.05, 4.69) is 15.1 Å². The van der Waals surface area contributed by atoms with Crippen molar-refractivity contribution in [3.8, 4) is 11.3 Å². The molecule has 90 valence electrons. The van der Waals surface area contributed by atoms with Crippen LogP contribution in [0.3, 0.4) is 0 Å². The molecule has 0 bridgehead atoms. The van der Waals surface area contributed by atoms with Gasteiger partial charge in [0.15, 0.2) is 0 Å². The average molecular weight is 233 g/mol. The molecule has 17 heavy (non-hydrogen) atoms. The van der Waals surface area contributed by atoms with Crippen LogP contribution in [0.25, 0.3) is 11.3 Å². The molecule has 3 N–H and O–H groups in total. The highest BCUT2D eigenvalue weighted by molar-refractivity contribution is 5.56. The van der Waals surface area contributed by atoms with Gasteiger partial charge in [-0.05, 0) is 13.8 Å². The summed E-state index contributed by atoms with van der Waals surface area (Å²) in [6, 6.07) is 1.44. The highest BCUT2D eigenvalue weighted by atomic mass is 16.1. The van der Waals surface area contributed by atoms with Crippen molar-refractivity contribution in [3.63, 3.8) is 0 Å². The Bertz CT molecular complexity index is 590. The Morgan fingerprint density at radius 2 is 2.18 bits per heavy atom. The second kappa shape index (κ2) is 3.81. The van der Waals surface area contributed by atoms with Gasteiger partial charge in [-0.25, -0.2) is 4.98 Å². The van der Waals surface area contributed by atoms with Crippen molar-refractivity contribution in [2.24, 2.45) is 12.8 Å². The number of nitrogens with two attached hydrogens (primary N) is 1. The monoisotopic (exact) mass is 233 g/mol. The molecule has 6 heteroatoms. The molecule has 0 aliphatic carbocycles. The number of aromatic nitrogens is 4. The molecule has 0 saturated heterocycles. The Morgan fingerprint density at radius 3 is 2.71 bits per heavy atom. The van der Waals surface area contributed by atoms with Crippen LogP contribution in [0.15, 0.2) is 23.3 Å². The number of H-pyrrole nitrogens is 1. The summed E-state index contributed by atoms with van der Waals surface area (Å²) in [6.45, 7) is 3.58. The highest BCUT2D eigenvalue weighted by Crippen LogP contribution is 2.17. The fourth-order valence-electron chi connectivity index (χ4n) is 1.46. The summed E-state index contributed by atoms with van der Waals surface area (Å²) in [5.41, 5.74) is 6.40. The van der Waals surface area contributed by atoms with Crippen LogP contribution in [0.2, 0.25) is 0 Å². The van der Waals surface area contributed by atoms with Gasteiger partial charge >= 0.3 is 0 Å². The Morgan fingerprint density at radius 1 is 1.47 bits per heavy atom. The molecule has 0 aromatic carbocycles. The van der Waals surface area contributed by atoms with E-state index in [1.165, 1.54) is 6.07 Å². The van der Waals surface area contributed by atoms with Crippen molar-refractivity contribution in [3.05, 3.63) is 34.6 Å². The lowest BCUT2D eigenvalue weighted by atomic mass is 10.1. The first kappa shape index (κ1) is 11.5. The summed E-state index contributed by atoms with van der Waals surface area (Å²) in [5.74, 6) is 0.462. The van der Waals surface area contributed by atoms with Gasteiger partial charge in [0.25, 0.3) is 5.56 Å². The molecule has 0 aliphatic rings. The lowest BCUT2D eigenvalue weighted by molar-refractivity contribution is 0.512. The average Bonchev–Trinajstić information content (AvgIpc) is 2.62. The van der Waals surface area contributed by atoms with Gasteiger partial charge in [0.2, 0.25) is 0 Å². The third-order valence-corrected chi connectivity index (χ3v) is 2.35. The largest absolute Gasteiger partial charge is 0.319 e. The van der Waals surface area contributed by atoms with Crippen LogP contribution in [-0.2, 0) is 12.6 Å². The molecule has 0 spiro atoms. The van der Waals surface area contributed by atoms with Gasteiger partial charge in [0.1, 0.15) is 5.82 Å². The Labute approximate surface area is 98.5 Å². The van der Waals surface area contributed by atoms with Crippen molar-refractivity contribution >= 4 is 0 Å². The highest BCUT2D eigenvalue weighted by Gasteiger charge is 2.18. The van der Waals surface area contributed by atoms with E-state index in [-0.39, 0.29) is 5.56 Å². The van der Waals surface area contributed by atoms with Crippen LogP contribution in [0, 0.1) is 0 Å². The van der Waals surface area contributed by atoms with E-state index in [1.54, 1.807) is 30.9 Å². The van der Waals surface area contributed by atoms with Gasteiger partial charge in [0.05, 0.1) is 17.4 Å². The third-order valence-electron chi connectivity index (χ3n) is 2.35. The molecule has 0 saturated carbocycles. The van der Waals surface area contributed by atoms with Crippen molar-refractivity contribution in [2.75, 3.05) is 0 Å². The van der Waals surface area contributed by atoms with E-state index in [1.807, 2.05) is 7.05 Å². The first-order valence-electron chi connectivity index (χ1n) is 5.26. The summed E-state index contributed by atoms with van der Waals surface area (Å²) in [6.07, 6.45) is 3.46. The zero-order chi connectivity index (χ0) is 12.6. The van der Waals surface area contributed by atoms with E-state index in [4.69, 9.17) is 5.73 Å². The molecule has 0 unspecified atom stereocenters. The normalized spacial score (nSPS) is 11.8. The summed E-state index contributed by atoms with van der Waals surface area (Å²) >= 11 is 0. The van der Waals surface area contributed by atoms with E-state index in [9.17, 15) is 4.79 Å². The van der Waals surface area contributed by atoms with Crippen molar-refractivity contribution in [1.29, 1.82) is 0 Å². The van der Waals surface area contributed by atoms with E-state index < -0.39 is 5.54 Å². The van der Waals surface area contributed by atoms with Crippen LogP contribution < -0.4 is 11.3 Å². The quantitative estimate of drug-likeness (QED) is 0.784. The molecule has 2 aromatic rings. The van der Waals surface area contributed by atoms with Gasteiger partial charge in [-0.1, -0.05) is 0 Å². The molecule has 6 nitrogen and oxygen atoms in total. The number of hydrogen-bond donors (Lipinski definition) is 2. The van der Waals surface area contributed by atoms with Crippen molar-refractivity contribution in [1.82, 2.24) is 19.7 Å². The molecule has 2 aromatic heterocycles. The zero-order valence-corrected chi connectivity index (χ0v) is 10.1. The lowest BCUT2D eigenvalue weighted by Gasteiger charge is -2.17. The summed E-state index contributed by atoms with van der Waals surface area (Å²) in [4.78, 5) is 18.6. The summed E-state index contributed by atoms with van der Waals surface area (Å²) in [7, 11) is 1.81. The van der Waals surface area contributed by atoms with E-state index >= 15 is 0 Å². The fraction of sp³-hybridized carbons (Fsp3) is 0.364. The number of nitrogens with zero attached hydrogens (tertiary/aromatic N) is 3. The van der Waals surface area contributed by atoms with Gasteiger partial charge < -0.3 is 10.7 Å². The number of hydrogen-bond acceptors (Lipinski definition) is 4. The topological polar surface area (TPSA) is 89.6 Å². The molecule has 0 aliphatic heterocycles. The maximum absolute atomic E-state index is 11.6. The van der Waals surface area contributed by atoms with Gasteiger partial charge in [-0.15, -0.1) is 0 Å². The number of rotatable bonds is 2. The second-order valence-corrected chi connectivity index (χ2v) is 4.60. The second-order valence-electron chi connectivity index (χ2n) is 4.60. The Hall–Kier alpha value is -1.95. The number of aryl methyl sites for hydroxylation is 1. The van der Waals surface area contributed by atoms with E-state index in [0.717, 1.165) is 5.56 Å². The van der Waals surface area contributed by atoms with Crippen LogP contribution in [0.5, 0.6) is 0 Å². The molecule has 0 atom stereocenters. The number of nitrogens with one attached hydrogen (secondary N) is 1.